The molecule has 0 radical (unpaired) electrons. The highest BCUT2D eigenvalue weighted by molar-refractivity contribution is 6.19. The molecule has 3 heteroatoms. The lowest BCUT2D eigenvalue weighted by atomic mass is 9.92. The van der Waals surface area contributed by atoms with Gasteiger partial charge in [-0.05, 0) is 97.0 Å². The van der Waals surface area contributed by atoms with E-state index in [0.29, 0.717) is 5.82 Å². The number of hydrogen-bond donors (Lipinski definition) is 0. The number of benzene rings is 10. The summed E-state index contributed by atoms with van der Waals surface area (Å²) in [6.45, 7) is 0. The molecule has 12 aromatic rings. The van der Waals surface area contributed by atoms with Gasteiger partial charge in [-0.1, -0.05) is 182 Å². The van der Waals surface area contributed by atoms with E-state index in [9.17, 15) is 0 Å². The van der Waals surface area contributed by atoms with Crippen molar-refractivity contribution in [2.45, 2.75) is 0 Å². The van der Waals surface area contributed by atoms with Crippen LogP contribution in [0.1, 0.15) is 0 Å². The first-order valence-corrected chi connectivity index (χ1v) is 20.8. The van der Waals surface area contributed by atoms with Crippen LogP contribution in [0.4, 0.5) is 0 Å². The average Bonchev–Trinajstić information content (AvgIpc) is 3.67. The molecule has 0 saturated carbocycles. The van der Waals surface area contributed by atoms with Gasteiger partial charge in [-0.2, -0.15) is 0 Å². The summed E-state index contributed by atoms with van der Waals surface area (Å²) in [5.41, 5.74) is 13.0. The first kappa shape index (κ1) is 34.9. The third-order valence-electron chi connectivity index (χ3n) is 12.2. The average molecular weight is 776 g/mol. The zero-order valence-corrected chi connectivity index (χ0v) is 33.2. The molecule has 2 aromatic heterocycles. The van der Waals surface area contributed by atoms with Crippen molar-refractivity contribution in [2.24, 2.45) is 0 Å². The fraction of sp³-hybridized carbons (Fsp3) is 0. The summed E-state index contributed by atoms with van der Waals surface area (Å²) in [5.74, 6) is 0.705. The maximum atomic E-state index is 5.50. The molecule has 0 aliphatic carbocycles. The number of aromatic nitrogens is 3. The van der Waals surface area contributed by atoms with Crippen molar-refractivity contribution in [3.05, 3.63) is 224 Å². The van der Waals surface area contributed by atoms with E-state index in [1.165, 1.54) is 43.5 Å². The summed E-state index contributed by atoms with van der Waals surface area (Å²) >= 11 is 0. The fourth-order valence-electron chi connectivity index (χ4n) is 9.32. The number of hydrogen-bond acceptors (Lipinski definition) is 2. The van der Waals surface area contributed by atoms with E-state index in [4.69, 9.17) is 9.97 Å². The largest absolute Gasteiger partial charge is 0.309 e. The molecule has 0 spiro atoms. The van der Waals surface area contributed by atoms with Crippen LogP contribution in [0.3, 0.4) is 0 Å². The van der Waals surface area contributed by atoms with Gasteiger partial charge in [0.2, 0.25) is 0 Å². The standard InChI is InChI=1S/C58H37N3/c1-3-15-39(16-4-1)45-21-11-12-24-48(45)54-37-53(59-58(60-54)57-47-23-10-8-18-43(47)36-51-46-22-9-7-17-40(46)31-33-50(51)57)41-29-27-38(28-30-41)42-32-34-56-52(35-42)49-25-13-14-26-55(49)61(56)44-19-5-2-6-20-44/h1-37H. The molecule has 0 fully saturated rings. The second kappa shape index (κ2) is 14.3. The van der Waals surface area contributed by atoms with Crippen molar-refractivity contribution >= 4 is 54.1 Å². The normalized spacial score (nSPS) is 11.6. The Labute approximate surface area is 353 Å². The van der Waals surface area contributed by atoms with Gasteiger partial charge in [-0.3, -0.25) is 0 Å². The van der Waals surface area contributed by atoms with E-state index in [0.717, 1.165) is 66.6 Å². The number of rotatable bonds is 6. The first-order valence-electron chi connectivity index (χ1n) is 20.8. The minimum atomic E-state index is 0.705. The number of nitrogens with zero attached hydrogens (tertiary/aromatic N) is 3. The quantitative estimate of drug-likeness (QED) is 0.124. The maximum Gasteiger partial charge on any atom is 0.161 e. The van der Waals surface area contributed by atoms with Crippen LogP contribution in [0.2, 0.25) is 0 Å². The Morgan fingerprint density at radius 3 is 1.72 bits per heavy atom. The lowest BCUT2D eigenvalue weighted by molar-refractivity contribution is 1.18. The Morgan fingerprint density at radius 1 is 0.295 bits per heavy atom. The van der Waals surface area contributed by atoms with E-state index in [1.54, 1.807) is 0 Å². The van der Waals surface area contributed by atoms with Gasteiger partial charge in [0.1, 0.15) is 0 Å². The van der Waals surface area contributed by atoms with E-state index >= 15 is 0 Å². The van der Waals surface area contributed by atoms with Crippen LogP contribution in [-0.4, -0.2) is 14.5 Å². The Balaban J connectivity index is 1.04. The minimum Gasteiger partial charge on any atom is -0.309 e. The van der Waals surface area contributed by atoms with Crippen molar-refractivity contribution in [3.8, 4) is 61.8 Å². The summed E-state index contributed by atoms with van der Waals surface area (Å²) in [4.78, 5) is 11.0. The summed E-state index contributed by atoms with van der Waals surface area (Å²) in [5, 5.41) is 9.53. The second-order valence-corrected chi connectivity index (χ2v) is 15.7. The Hall–Kier alpha value is -8.14. The van der Waals surface area contributed by atoms with Crippen LogP contribution in [0, 0.1) is 0 Å². The highest BCUT2D eigenvalue weighted by Gasteiger charge is 2.19. The molecule has 2 heterocycles. The number of fused-ring (bicyclic) bond motifs is 7. The van der Waals surface area contributed by atoms with Crippen LogP contribution in [0.25, 0.3) is 116 Å². The van der Waals surface area contributed by atoms with Crippen LogP contribution in [0.15, 0.2) is 224 Å². The molecule has 0 aliphatic heterocycles. The van der Waals surface area contributed by atoms with Gasteiger partial charge in [0.05, 0.1) is 22.4 Å². The fourth-order valence-corrected chi connectivity index (χ4v) is 9.32. The molecule has 0 aliphatic rings. The van der Waals surface area contributed by atoms with Crippen LogP contribution in [-0.2, 0) is 0 Å². The molecule has 0 amide bonds. The van der Waals surface area contributed by atoms with Gasteiger partial charge in [0, 0.05) is 33.2 Å². The molecule has 0 unspecified atom stereocenters. The van der Waals surface area contributed by atoms with Crippen molar-refractivity contribution in [1.82, 2.24) is 14.5 Å². The number of para-hydroxylation sites is 2. The predicted octanol–water partition coefficient (Wildman–Crippen LogP) is 15.4. The highest BCUT2D eigenvalue weighted by atomic mass is 15.0. The summed E-state index contributed by atoms with van der Waals surface area (Å²) in [7, 11) is 0. The topological polar surface area (TPSA) is 30.7 Å². The SMILES string of the molecule is c1ccc(-c2ccccc2-c2cc(-c3ccc(-c4ccc5c(c4)c4ccccc4n5-c4ccccc4)cc3)nc(-c3c4ccccc4cc4c3ccc3ccccc34)n2)cc1. The zero-order valence-electron chi connectivity index (χ0n) is 33.2. The van der Waals surface area contributed by atoms with Gasteiger partial charge >= 0.3 is 0 Å². The van der Waals surface area contributed by atoms with Gasteiger partial charge in [0.25, 0.3) is 0 Å². The van der Waals surface area contributed by atoms with Gasteiger partial charge in [-0.15, -0.1) is 0 Å². The highest BCUT2D eigenvalue weighted by Crippen LogP contribution is 2.41. The van der Waals surface area contributed by atoms with Crippen LogP contribution < -0.4 is 0 Å². The first-order chi connectivity index (χ1) is 30.2. The van der Waals surface area contributed by atoms with E-state index < -0.39 is 0 Å². The molecule has 12 rings (SSSR count). The van der Waals surface area contributed by atoms with E-state index in [1.807, 2.05) is 0 Å². The Morgan fingerprint density at radius 2 is 0.902 bits per heavy atom. The lowest BCUT2D eigenvalue weighted by Crippen LogP contribution is -1.98. The van der Waals surface area contributed by atoms with Gasteiger partial charge in [0.15, 0.2) is 5.82 Å². The molecule has 10 aromatic carbocycles. The molecule has 284 valence electrons. The minimum absolute atomic E-state index is 0.705. The molecule has 0 bridgehead atoms. The summed E-state index contributed by atoms with van der Waals surface area (Å²) < 4.78 is 2.36. The Kier molecular flexibility index (Phi) is 8.17. The maximum absolute atomic E-state index is 5.50. The molecule has 0 atom stereocenters. The summed E-state index contributed by atoms with van der Waals surface area (Å²) in [6, 6.07) is 80.4. The molecule has 61 heavy (non-hydrogen) atoms. The van der Waals surface area contributed by atoms with Crippen molar-refractivity contribution in [3.63, 3.8) is 0 Å². The third-order valence-corrected chi connectivity index (χ3v) is 12.2. The van der Waals surface area contributed by atoms with Crippen molar-refractivity contribution in [2.75, 3.05) is 0 Å². The zero-order chi connectivity index (χ0) is 40.3. The smallest absolute Gasteiger partial charge is 0.161 e. The molecular formula is C58H37N3. The van der Waals surface area contributed by atoms with Crippen LogP contribution >= 0.6 is 0 Å². The molecule has 0 saturated heterocycles. The third kappa shape index (κ3) is 5.90. The van der Waals surface area contributed by atoms with Crippen LogP contribution in [0.5, 0.6) is 0 Å². The molecule has 0 N–H and O–H groups in total. The van der Waals surface area contributed by atoms with E-state index in [2.05, 4.69) is 229 Å². The van der Waals surface area contributed by atoms with Crippen molar-refractivity contribution < 1.29 is 0 Å². The van der Waals surface area contributed by atoms with Gasteiger partial charge < -0.3 is 4.57 Å². The summed E-state index contributed by atoms with van der Waals surface area (Å²) in [6.07, 6.45) is 0. The van der Waals surface area contributed by atoms with E-state index in [-0.39, 0.29) is 0 Å². The predicted molar refractivity (Wildman–Crippen MR) is 256 cm³/mol. The second-order valence-electron chi connectivity index (χ2n) is 15.7. The lowest BCUT2D eigenvalue weighted by Gasteiger charge is -2.16. The molecular weight excluding hydrogens is 739 g/mol. The Bertz CT molecular complexity index is 3620. The monoisotopic (exact) mass is 775 g/mol. The molecule has 3 nitrogen and oxygen atoms in total. The van der Waals surface area contributed by atoms with Gasteiger partial charge in [-0.25, -0.2) is 9.97 Å². The van der Waals surface area contributed by atoms with Crippen molar-refractivity contribution in [1.29, 1.82) is 0 Å².